The summed E-state index contributed by atoms with van der Waals surface area (Å²) in [5.41, 5.74) is 2.48. The van der Waals surface area contributed by atoms with E-state index in [1.54, 1.807) is 65.1 Å². The molecule has 2 aliphatic heterocycles. The van der Waals surface area contributed by atoms with Crippen LogP contribution in [0.25, 0.3) is 0 Å². The summed E-state index contributed by atoms with van der Waals surface area (Å²) in [4.78, 5) is 94.4. The SMILES string of the molecule is CC(C)OC(=O)c1ncc(Cc2ccc(F)cc2)cc1C(=O)N1CC(=O)N(C)C1.CC(C)OC(=O)c1ncc(Cc2ccc(F)cc2)cc1C(=O)O.CN1CN(C(=O)C(F)(F)F)CC1=O. The predicted octanol–water partition coefficient (Wildman–Crippen LogP) is 5.13. The van der Waals surface area contributed by atoms with Crippen LogP contribution in [0.15, 0.2) is 73.1 Å². The highest BCUT2D eigenvalue weighted by molar-refractivity contribution is 6.06. The molecule has 0 unspecified atom stereocenters. The lowest BCUT2D eigenvalue weighted by molar-refractivity contribution is -0.184. The molecule has 2 aromatic carbocycles. The highest BCUT2D eigenvalue weighted by atomic mass is 19.4. The number of likely N-dealkylation sites (N-methyl/N-ethyl adjacent to an activating group) is 2. The average Bonchev–Trinajstić information content (AvgIpc) is 3.76. The number of carbonyl (C=O) groups is 7. The lowest BCUT2D eigenvalue weighted by Gasteiger charge is -2.18. The van der Waals surface area contributed by atoms with E-state index in [0.717, 1.165) is 16.0 Å². The van der Waals surface area contributed by atoms with Gasteiger partial charge in [0.1, 0.15) is 24.7 Å². The molecular weight excluding hydrogens is 868 g/mol. The van der Waals surface area contributed by atoms with Crippen molar-refractivity contribution in [3.8, 4) is 0 Å². The molecule has 2 saturated heterocycles. The number of esters is 2. The number of aromatic nitrogens is 2. The first-order valence-corrected chi connectivity index (χ1v) is 19.7. The molecule has 16 nitrogen and oxygen atoms in total. The monoisotopic (exact) mass is 912 g/mol. The smallest absolute Gasteiger partial charge is 0.471 e. The van der Waals surface area contributed by atoms with Crippen LogP contribution in [-0.2, 0) is 36.7 Å². The lowest BCUT2D eigenvalue weighted by atomic mass is 10.0. The van der Waals surface area contributed by atoms with Crippen molar-refractivity contribution in [3.63, 3.8) is 0 Å². The first kappa shape index (κ1) is 50.3. The number of amides is 4. The molecule has 2 fully saturated rings. The van der Waals surface area contributed by atoms with Crippen molar-refractivity contribution in [1.82, 2.24) is 29.6 Å². The predicted molar refractivity (Wildman–Crippen MR) is 219 cm³/mol. The van der Waals surface area contributed by atoms with E-state index in [2.05, 4.69) is 9.97 Å². The number of alkyl halides is 3. The van der Waals surface area contributed by atoms with Crippen LogP contribution >= 0.6 is 0 Å². The molecule has 346 valence electrons. The third-order valence-corrected chi connectivity index (χ3v) is 9.15. The quantitative estimate of drug-likeness (QED) is 0.163. The zero-order valence-electron chi connectivity index (χ0n) is 36.0. The normalized spacial score (nSPS) is 13.6. The lowest BCUT2D eigenvalue weighted by Crippen LogP contribution is -2.40. The van der Waals surface area contributed by atoms with Gasteiger partial charge in [0.15, 0.2) is 11.4 Å². The van der Waals surface area contributed by atoms with Crippen LogP contribution in [-0.4, -0.2) is 135 Å². The van der Waals surface area contributed by atoms with E-state index in [-0.39, 0.29) is 72.1 Å². The van der Waals surface area contributed by atoms with Gasteiger partial charge in [0.25, 0.3) is 5.91 Å². The van der Waals surface area contributed by atoms with Crippen LogP contribution < -0.4 is 0 Å². The Morgan fingerprint density at radius 3 is 1.38 bits per heavy atom. The molecule has 2 aromatic heterocycles. The Morgan fingerprint density at radius 1 is 0.646 bits per heavy atom. The van der Waals surface area contributed by atoms with Gasteiger partial charge in [-0.2, -0.15) is 13.2 Å². The fourth-order valence-electron chi connectivity index (χ4n) is 6.04. The molecule has 1 N–H and O–H groups in total. The van der Waals surface area contributed by atoms with Crippen molar-refractivity contribution >= 4 is 41.5 Å². The molecule has 0 aliphatic carbocycles. The van der Waals surface area contributed by atoms with Gasteiger partial charge in [-0.1, -0.05) is 24.3 Å². The van der Waals surface area contributed by atoms with Crippen LogP contribution in [0.5, 0.6) is 0 Å². The van der Waals surface area contributed by atoms with Gasteiger partial charge in [-0.15, -0.1) is 0 Å². The van der Waals surface area contributed by atoms with Gasteiger partial charge in [0, 0.05) is 26.5 Å². The first-order valence-electron chi connectivity index (χ1n) is 19.7. The number of pyridine rings is 2. The standard InChI is InChI=1S/C21H22FN3O4.C17H16FNO4.C6H7F3N2O2/c1-13(2)29-21(28)19-17(20(27)25-11-18(26)24(3)12-25)9-15(10-23-19)8-14-4-6-16(22)7-5-14;1-10(2)23-17(22)15-14(16(20)21)8-12(9-19-15)7-11-3-5-13(18)6-4-11;1-10-3-11(2-4(10)12)5(13)6(7,8)9/h4-7,9-10,13H,8,11-12H2,1-3H3;3-6,8-10H,7H2,1-2H3,(H,20,21);2-3H2,1H3. The van der Waals surface area contributed by atoms with E-state index in [1.165, 1.54) is 59.6 Å². The van der Waals surface area contributed by atoms with Crippen LogP contribution in [0.1, 0.15) is 91.6 Å². The molecule has 0 bridgehead atoms. The maximum absolute atomic E-state index is 13.1. The van der Waals surface area contributed by atoms with Gasteiger partial charge in [-0.25, -0.2) is 33.1 Å². The van der Waals surface area contributed by atoms with Crippen molar-refractivity contribution < 1.29 is 70.1 Å². The average molecular weight is 913 g/mol. The minimum absolute atomic E-state index is 0.0593. The van der Waals surface area contributed by atoms with Crippen molar-refractivity contribution in [2.24, 2.45) is 0 Å². The minimum Gasteiger partial charge on any atom is -0.478 e. The van der Waals surface area contributed by atoms with Crippen molar-refractivity contribution in [3.05, 3.63) is 129 Å². The molecule has 2 aliphatic rings. The van der Waals surface area contributed by atoms with Gasteiger partial charge in [-0.3, -0.25) is 19.2 Å². The third kappa shape index (κ3) is 14.3. The Hall–Kier alpha value is -7.32. The number of carboxylic acids is 1. The summed E-state index contributed by atoms with van der Waals surface area (Å²) >= 11 is 0. The topological polar surface area (TPSA) is 197 Å². The molecule has 4 aromatic rings. The van der Waals surface area contributed by atoms with E-state index < -0.39 is 48.4 Å². The molecule has 0 radical (unpaired) electrons. The van der Waals surface area contributed by atoms with Crippen molar-refractivity contribution in [1.29, 1.82) is 0 Å². The number of carboxylic acid groups (broad SMARTS) is 1. The third-order valence-electron chi connectivity index (χ3n) is 9.15. The summed E-state index contributed by atoms with van der Waals surface area (Å²) in [5.74, 6) is -6.51. The van der Waals surface area contributed by atoms with Gasteiger partial charge < -0.3 is 34.2 Å². The number of benzene rings is 2. The molecule has 4 amide bonds. The molecule has 0 spiro atoms. The number of rotatable bonds is 10. The zero-order valence-corrected chi connectivity index (χ0v) is 36.0. The van der Waals surface area contributed by atoms with E-state index in [4.69, 9.17) is 9.47 Å². The molecule has 21 heteroatoms. The Labute approximate surface area is 369 Å². The second-order valence-corrected chi connectivity index (χ2v) is 15.3. The van der Waals surface area contributed by atoms with Gasteiger partial charge >= 0.3 is 30.0 Å². The Balaban J connectivity index is 0.000000229. The van der Waals surface area contributed by atoms with E-state index >= 15 is 0 Å². The first-order chi connectivity index (χ1) is 30.4. The number of ether oxygens (including phenoxy) is 2. The summed E-state index contributed by atoms with van der Waals surface area (Å²) < 4.78 is 71.7. The highest BCUT2D eigenvalue weighted by Gasteiger charge is 2.45. The molecular formula is C44H45F5N6O10. The van der Waals surface area contributed by atoms with E-state index in [9.17, 15) is 60.6 Å². The van der Waals surface area contributed by atoms with Crippen LogP contribution in [0, 0.1) is 11.6 Å². The second kappa shape index (κ2) is 21.8. The van der Waals surface area contributed by atoms with Gasteiger partial charge in [0.2, 0.25) is 11.8 Å². The van der Waals surface area contributed by atoms with Crippen molar-refractivity contribution in [2.75, 3.05) is 40.5 Å². The van der Waals surface area contributed by atoms with Crippen molar-refractivity contribution in [2.45, 2.75) is 58.9 Å². The Kier molecular flexibility index (Phi) is 16.9. The highest BCUT2D eigenvalue weighted by Crippen LogP contribution is 2.22. The van der Waals surface area contributed by atoms with Gasteiger partial charge in [-0.05, 0) is 99.2 Å². The molecule has 4 heterocycles. The van der Waals surface area contributed by atoms with Gasteiger partial charge in [0.05, 0.1) is 36.7 Å². The number of hydrogen-bond acceptors (Lipinski definition) is 11. The molecule has 0 atom stereocenters. The summed E-state index contributed by atoms with van der Waals surface area (Å²) in [5, 5.41) is 9.28. The largest absolute Gasteiger partial charge is 0.478 e. The fourth-order valence-corrected chi connectivity index (χ4v) is 6.04. The molecule has 65 heavy (non-hydrogen) atoms. The molecule has 0 saturated carbocycles. The second-order valence-electron chi connectivity index (χ2n) is 15.3. The maximum atomic E-state index is 13.1. The zero-order chi connectivity index (χ0) is 48.3. The fraction of sp³-hybridized carbons (Fsp3) is 0.341. The Morgan fingerprint density at radius 2 is 1.03 bits per heavy atom. The summed E-state index contributed by atoms with van der Waals surface area (Å²) in [6, 6.07) is 14.8. The molecule has 6 rings (SSSR count). The number of nitrogens with zero attached hydrogens (tertiary/aromatic N) is 6. The van der Waals surface area contributed by atoms with E-state index in [1.807, 2.05) is 0 Å². The summed E-state index contributed by atoms with van der Waals surface area (Å²) in [7, 11) is 2.94. The van der Waals surface area contributed by atoms with Crippen LogP contribution in [0.4, 0.5) is 22.0 Å². The number of halogens is 5. The van der Waals surface area contributed by atoms with Crippen LogP contribution in [0.2, 0.25) is 0 Å². The minimum atomic E-state index is -4.90. The van der Waals surface area contributed by atoms with E-state index in [0.29, 0.717) is 28.9 Å². The summed E-state index contributed by atoms with van der Waals surface area (Å²) in [6.45, 7) is 6.04. The Bertz CT molecular complexity index is 2410. The number of carbonyl (C=O) groups excluding carboxylic acids is 6. The number of hydrogen-bond donors (Lipinski definition) is 1. The number of aromatic carboxylic acids is 1. The summed E-state index contributed by atoms with van der Waals surface area (Å²) in [6.07, 6.45) is -1.93. The van der Waals surface area contributed by atoms with Crippen LogP contribution in [0.3, 0.4) is 0 Å². The maximum Gasteiger partial charge on any atom is 0.471 e.